The van der Waals surface area contributed by atoms with Gasteiger partial charge in [-0.15, -0.1) is 0 Å². The Kier molecular flexibility index (Phi) is 5.68. The van der Waals surface area contributed by atoms with Crippen LogP contribution in [0.25, 0.3) is 0 Å². The van der Waals surface area contributed by atoms with Crippen molar-refractivity contribution < 1.29 is 14.2 Å². The van der Waals surface area contributed by atoms with E-state index in [1.807, 2.05) is 12.1 Å². The molecule has 1 aromatic rings. The van der Waals surface area contributed by atoms with E-state index in [0.29, 0.717) is 12.6 Å². The summed E-state index contributed by atoms with van der Waals surface area (Å²) in [7, 11) is 3.38. The van der Waals surface area contributed by atoms with Crippen molar-refractivity contribution in [1.29, 1.82) is 0 Å². The smallest absolute Gasteiger partial charge is 0.161 e. The topological polar surface area (TPSA) is 39.7 Å². The zero-order chi connectivity index (χ0) is 14.4. The minimum atomic E-state index is 0.00183. The Labute approximate surface area is 121 Å². The zero-order valence-corrected chi connectivity index (χ0v) is 12.6. The van der Waals surface area contributed by atoms with Crippen LogP contribution in [0.3, 0.4) is 0 Å². The molecule has 0 bridgehead atoms. The van der Waals surface area contributed by atoms with Gasteiger partial charge in [0.1, 0.15) is 6.10 Å². The molecule has 1 aliphatic carbocycles. The average Bonchev–Trinajstić information content (AvgIpc) is 3.29. The molecule has 1 aromatic carbocycles. The van der Waals surface area contributed by atoms with Crippen molar-refractivity contribution in [2.45, 2.75) is 38.3 Å². The molecule has 0 aliphatic heterocycles. The molecule has 1 aliphatic rings. The standard InChI is InChI=1S/C16H25NO3/c1-4-12-5-8-15(16(9-12)19-3)20-14(11-18-2)10-17-13-6-7-13/h5,8-9,13-14,17H,4,6-7,10-11H2,1-3H3. The van der Waals surface area contributed by atoms with E-state index < -0.39 is 0 Å². The molecule has 1 atom stereocenters. The molecule has 2 rings (SSSR count). The Morgan fingerprint density at radius 3 is 2.65 bits per heavy atom. The Hall–Kier alpha value is -1.26. The van der Waals surface area contributed by atoms with Gasteiger partial charge in [0, 0.05) is 19.7 Å². The number of benzene rings is 1. The molecule has 1 N–H and O–H groups in total. The van der Waals surface area contributed by atoms with Crippen LogP contribution in [0.1, 0.15) is 25.3 Å². The van der Waals surface area contributed by atoms with E-state index in [0.717, 1.165) is 24.5 Å². The summed E-state index contributed by atoms with van der Waals surface area (Å²) in [5.41, 5.74) is 1.24. The van der Waals surface area contributed by atoms with E-state index in [4.69, 9.17) is 14.2 Å². The van der Waals surface area contributed by atoms with Gasteiger partial charge >= 0.3 is 0 Å². The Bertz CT molecular complexity index is 418. The van der Waals surface area contributed by atoms with E-state index >= 15 is 0 Å². The highest BCUT2D eigenvalue weighted by molar-refractivity contribution is 5.43. The number of nitrogens with one attached hydrogen (secondary N) is 1. The Balaban J connectivity index is 1.99. The molecule has 0 amide bonds. The molecule has 1 fully saturated rings. The summed E-state index contributed by atoms with van der Waals surface area (Å²) in [5, 5.41) is 3.48. The van der Waals surface area contributed by atoms with Crippen molar-refractivity contribution in [2.24, 2.45) is 0 Å². The first kappa shape index (κ1) is 15.1. The number of hydrogen-bond acceptors (Lipinski definition) is 4. The first-order chi connectivity index (χ1) is 9.76. The number of methoxy groups -OCH3 is 2. The number of ether oxygens (including phenoxy) is 3. The minimum absolute atomic E-state index is 0.00183. The molecule has 20 heavy (non-hydrogen) atoms. The summed E-state index contributed by atoms with van der Waals surface area (Å²) in [5.74, 6) is 1.57. The van der Waals surface area contributed by atoms with E-state index in [1.165, 1.54) is 18.4 Å². The van der Waals surface area contributed by atoms with Crippen LogP contribution in [-0.2, 0) is 11.2 Å². The zero-order valence-electron chi connectivity index (χ0n) is 12.6. The predicted molar refractivity (Wildman–Crippen MR) is 79.7 cm³/mol. The molecule has 112 valence electrons. The van der Waals surface area contributed by atoms with Gasteiger partial charge in [0.05, 0.1) is 13.7 Å². The summed E-state index contributed by atoms with van der Waals surface area (Å²) >= 11 is 0. The van der Waals surface area contributed by atoms with Crippen molar-refractivity contribution in [2.75, 3.05) is 27.4 Å². The monoisotopic (exact) mass is 279 g/mol. The largest absolute Gasteiger partial charge is 0.493 e. The van der Waals surface area contributed by atoms with Gasteiger partial charge in [0.25, 0.3) is 0 Å². The molecule has 1 saturated carbocycles. The van der Waals surface area contributed by atoms with Gasteiger partial charge in [-0.3, -0.25) is 0 Å². The quantitative estimate of drug-likeness (QED) is 0.753. The third-order valence-corrected chi connectivity index (χ3v) is 3.49. The van der Waals surface area contributed by atoms with Crippen LogP contribution >= 0.6 is 0 Å². The molecule has 4 nitrogen and oxygen atoms in total. The van der Waals surface area contributed by atoms with Crippen LogP contribution in [-0.4, -0.2) is 39.5 Å². The lowest BCUT2D eigenvalue weighted by atomic mass is 10.1. The van der Waals surface area contributed by atoms with Crippen molar-refractivity contribution >= 4 is 0 Å². The van der Waals surface area contributed by atoms with Crippen LogP contribution in [0.15, 0.2) is 18.2 Å². The summed E-state index contributed by atoms with van der Waals surface area (Å²) < 4.78 is 16.7. The number of aryl methyl sites for hydroxylation is 1. The number of hydrogen-bond donors (Lipinski definition) is 1. The van der Waals surface area contributed by atoms with Crippen LogP contribution < -0.4 is 14.8 Å². The molecule has 1 unspecified atom stereocenters. The van der Waals surface area contributed by atoms with E-state index in [-0.39, 0.29) is 6.10 Å². The van der Waals surface area contributed by atoms with Crippen LogP contribution in [0, 0.1) is 0 Å². The molecule has 0 radical (unpaired) electrons. The normalized spacial score (nSPS) is 15.9. The van der Waals surface area contributed by atoms with Crippen molar-refractivity contribution in [3.05, 3.63) is 23.8 Å². The van der Waals surface area contributed by atoms with Gasteiger partial charge in [-0.25, -0.2) is 0 Å². The molecule has 4 heteroatoms. The molecule has 0 spiro atoms. The van der Waals surface area contributed by atoms with Crippen LogP contribution in [0.5, 0.6) is 11.5 Å². The van der Waals surface area contributed by atoms with Crippen molar-refractivity contribution in [1.82, 2.24) is 5.32 Å². The van der Waals surface area contributed by atoms with E-state index in [2.05, 4.69) is 18.3 Å². The van der Waals surface area contributed by atoms with Gasteiger partial charge in [0.2, 0.25) is 0 Å². The van der Waals surface area contributed by atoms with Gasteiger partial charge in [0.15, 0.2) is 11.5 Å². The van der Waals surface area contributed by atoms with Crippen molar-refractivity contribution in [3.63, 3.8) is 0 Å². The Morgan fingerprint density at radius 1 is 1.25 bits per heavy atom. The highest BCUT2D eigenvalue weighted by Crippen LogP contribution is 2.29. The molecular weight excluding hydrogens is 254 g/mol. The first-order valence-electron chi connectivity index (χ1n) is 7.32. The third-order valence-electron chi connectivity index (χ3n) is 3.49. The second-order valence-electron chi connectivity index (χ2n) is 5.22. The number of rotatable bonds is 9. The maximum atomic E-state index is 6.04. The predicted octanol–water partition coefficient (Wildman–Crippen LogP) is 2.40. The fourth-order valence-electron chi connectivity index (χ4n) is 2.11. The second kappa shape index (κ2) is 7.50. The van der Waals surface area contributed by atoms with Crippen molar-refractivity contribution in [3.8, 4) is 11.5 Å². The lowest BCUT2D eigenvalue weighted by molar-refractivity contribution is 0.0784. The lowest BCUT2D eigenvalue weighted by Crippen LogP contribution is -2.36. The summed E-state index contributed by atoms with van der Waals surface area (Å²) in [6, 6.07) is 6.77. The van der Waals surface area contributed by atoms with E-state index in [9.17, 15) is 0 Å². The van der Waals surface area contributed by atoms with E-state index in [1.54, 1.807) is 14.2 Å². The maximum Gasteiger partial charge on any atom is 0.161 e. The minimum Gasteiger partial charge on any atom is -0.493 e. The first-order valence-corrected chi connectivity index (χ1v) is 7.32. The van der Waals surface area contributed by atoms with Crippen LogP contribution in [0.4, 0.5) is 0 Å². The summed E-state index contributed by atoms with van der Waals surface area (Å²) in [6.07, 6.45) is 3.53. The maximum absolute atomic E-state index is 6.04. The molecule has 0 saturated heterocycles. The molecule has 0 aromatic heterocycles. The second-order valence-corrected chi connectivity index (χ2v) is 5.22. The SMILES string of the molecule is CCc1ccc(OC(CNC2CC2)COC)c(OC)c1. The fraction of sp³-hybridized carbons (Fsp3) is 0.625. The van der Waals surface area contributed by atoms with Gasteiger partial charge in [-0.1, -0.05) is 13.0 Å². The average molecular weight is 279 g/mol. The Morgan fingerprint density at radius 2 is 2.05 bits per heavy atom. The molecular formula is C16H25NO3. The van der Waals surface area contributed by atoms with Gasteiger partial charge in [-0.2, -0.15) is 0 Å². The third kappa shape index (κ3) is 4.39. The highest BCUT2D eigenvalue weighted by Gasteiger charge is 2.23. The van der Waals surface area contributed by atoms with Crippen LogP contribution in [0.2, 0.25) is 0 Å². The van der Waals surface area contributed by atoms with Gasteiger partial charge in [-0.05, 0) is 37.0 Å². The highest BCUT2D eigenvalue weighted by atomic mass is 16.5. The molecule has 0 heterocycles. The summed E-state index contributed by atoms with van der Waals surface area (Å²) in [6.45, 7) is 3.50. The van der Waals surface area contributed by atoms with Gasteiger partial charge < -0.3 is 19.5 Å². The summed E-state index contributed by atoms with van der Waals surface area (Å²) in [4.78, 5) is 0. The lowest BCUT2D eigenvalue weighted by Gasteiger charge is -2.20. The fourth-order valence-corrected chi connectivity index (χ4v) is 2.11.